The van der Waals surface area contributed by atoms with Crippen LogP contribution in [0.5, 0.6) is 0 Å². The van der Waals surface area contributed by atoms with Crippen LogP contribution in [0, 0.1) is 12.8 Å². The first kappa shape index (κ1) is 21.3. The van der Waals surface area contributed by atoms with E-state index in [9.17, 15) is 14.7 Å². The minimum Gasteiger partial charge on any atom is -0.393 e. The molecule has 4 rings (SSSR count). The predicted octanol–water partition coefficient (Wildman–Crippen LogP) is 2.34. The highest BCUT2D eigenvalue weighted by Crippen LogP contribution is 2.35. The van der Waals surface area contributed by atoms with Crippen molar-refractivity contribution in [2.45, 2.75) is 70.1 Å². The summed E-state index contributed by atoms with van der Waals surface area (Å²) in [6, 6.07) is 8.25. The SMILES string of the molecule is Cc1ccc(C(=O)NC[C@@H]2CC[C@H](CC(=O)N3CCC(O)CC3)N2CC2CC2)cc1. The molecule has 164 valence electrons. The van der Waals surface area contributed by atoms with E-state index in [1.165, 1.54) is 12.8 Å². The number of aliphatic hydroxyl groups is 1. The summed E-state index contributed by atoms with van der Waals surface area (Å²) in [4.78, 5) is 29.8. The van der Waals surface area contributed by atoms with Crippen molar-refractivity contribution in [2.24, 2.45) is 5.92 Å². The van der Waals surface area contributed by atoms with E-state index in [0.29, 0.717) is 50.5 Å². The topological polar surface area (TPSA) is 72.9 Å². The molecule has 2 atom stereocenters. The molecule has 2 saturated heterocycles. The maximum atomic E-state index is 12.8. The molecule has 2 heterocycles. The van der Waals surface area contributed by atoms with Crippen LogP contribution < -0.4 is 5.32 Å². The molecule has 0 bridgehead atoms. The van der Waals surface area contributed by atoms with Crippen molar-refractivity contribution in [3.63, 3.8) is 0 Å². The Kier molecular flexibility index (Phi) is 6.74. The van der Waals surface area contributed by atoms with Gasteiger partial charge in [0.25, 0.3) is 5.91 Å². The number of carbonyl (C=O) groups excluding carboxylic acids is 2. The Balaban J connectivity index is 1.32. The number of nitrogens with one attached hydrogen (secondary N) is 1. The van der Waals surface area contributed by atoms with Crippen molar-refractivity contribution in [2.75, 3.05) is 26.2 Å². The second kappa shape index (κ2) is 9.48. The molecule has 2 amide bonds. The standard InChI is InChI=1S/C24H35N3O3/c1-17-2-6-19(7-3-17)24(30)25-15-21-9-8-20(27(21)16-18-4-5-18)14-23(29)26-12-10-22(28)11-13-26/h2-3,6-7,18,20-22,28H,4-5,8-16H2,1H3,(H,25,30)/t20-,21+/m1/s1. The van der Waals surface area contributed by atoms with Gasteiger partial charge >= 0.3 is 0 Å². The fourth-order valence-electron chi connectivity index (χ4n) is 4.81. The summed E-state index contributed by atoms with van der Waals surface area (Å²) in [5, 5.41) is 12.8. The van der Waals surface area contributed by atoms with Crippen molar-refractivity contribution in [1.29, 1.82) is 0 Å². The molecule has 1 aliphatic carbocycles. The molecule has 3 fully saturated rings. The number of hydrogen-bond donors (Lipinski definition) is 2. The first-order valence-corrected chi connectivity index (χ1v) is 11.6. The first-order valence-electron chi connectivity index (χ1n) is 11.6. The van der Waals surface area contributed by atoms with E-state index in [1.807, 2.05) is 36.1 Å². The van der Waals surface area contributed by atoms with Gasteiger partial charge in [0.05, 0.1) is 6.10 Å². The van der Waals surface area contributed by atoms with Gasteiger partial charge in [0.15, 0.2) is 0 Å². The molecule has 2 N–H and O–H groups in total. The zero-order valence-corrected chi connectivity index (χ0v) is 18.1. The van der Waals surface area contributed by atoms with Crippen molar-refractivity contribution in [3.8, 4) is 0 Å². The van der Waals surface area contributed by atoms with Gasteiger partial charge in [-0.05, 0) is 63.5 Å². The van der Waals surface area contributed by atoms with E-state index in [2.05, 4.69) is 10.2 Å². The second-order valence-corrected chi connectivity index (χ2v) is 9.42. The van der Waals surface area contributed by atoms with Gasteiger partial charge in [-0.1, -0.05) is 17.7 Å². The summed E-state index contributed by atoms with van der Waals surface area (Å²) < 4.78 is 0. The monoisotopic (exact) mass is 413 g/mol. The Morgan fingerprint density at radius 3 is 2.33 bits per heavy atom. The van der Waals surface area contributed by atoms with Crippen LogP contribution in [-0.4, -0.2) is 71.1 Å². The molecule has 0 radical (unpaired) electrons. The van der Waals surface area contributed by atoms with Gasteiger partial charge < -0.3 is 15.3 Å². The lowest BCUT2D eigenvalue weighted by atomic mass is 10.1. The third-order valence-electron chi connectivity index (χ3n) is 6.98. The van der Waals surface area contributed by atoms with Crippen molar-refractivity contribution in [1.82, 2.24) is 15.1 Å². The van der Waals surface area contributed by atoms with Gasteiger partial charge in [-0.2, -0.15) is 0 Å². The van der Waals surface area contributed by atoms with E-state index in [0.717, 1.165) is 30.9 Å². The molecule has 1 saturated carbocycles. The molecule has 6 nitrogen and oxygen atoms in total. The number of rotatable bonds is 7. The van der Waals surface area contributed by atoms with Crippen LogP contribution in [0.1, 0.15) is 60.9 Å². The smallest absolute Gasteiger partial charge is 0.251 e. The quantitative estimate of drug-likeness (QED) is 0.720. The minimum absolute atomic E-state index is 0.0206. The molecular formula is C24H35N3O3. The van der Waals surface area contributed by atoms with Gasteiger partial charge in [0, 0.05) is 50.2 Å². The van der Waals surface area contributed by atoms with Crippen LogP contribution in [0.2, 0.25) is 0 Å². The van der Waals surface area contributed by atoms with Gasteiger partial charge in [0.2, 0.25) is 5.91 Å². The van der Waals surface area contributed by atoms with Gasteiger partial charge in [0.1, 0.15) is 0 Å². The van der Waals surface area contributed by atoms with Crippen molar-refractivity contribution < 1.29 is 14.7 Å². The average molecular weight is 414 g/mol. The molecule has 6 heteroatoms. The van der Waals surface area contributed by atoms with Crippen LogP contribution in [0.25, 0.3) is 0 Å². The molecule has 1 aromatic carbocycles. The zero-order chi connectivity index (χ0) is 21.1. The Morgan fingerprint density at radius 1 is 1.00 bits per heavy atom. The summed E-state index contributed by atoms with van der Waals surface area (Å²) in [7, 11) is 0. The molecule has 0 spiro atoms. The fraction of sp³-hybridized carbons (Fsp3) is 0.667. The molecule has 3 aliphatic rings. The molecular weight excluding hydrogens is 378 g/mol. The number of piperidine rings is 1. The highest BCUT2D eigenvalue weighted by molar-refractivity contribution is 5.94. The maximum Gasteiger partial charge on any atom is 0.251 e. The first-order chi connectivity index (χ1) is 14.5. The van der Waals surface area contributed by atoms with Crippen LogP contribution in [0.4, 0.5) is 0 Å². The van der Waals surface area contributed by atoms with E-state index in [1.54, 1.807) is 0 Å². The van der Waals surface area contributed by atoms with Gasteiger partial charge in [-0.15, -0.1) is 0 Å². The lowest BCUT2D eigenvalue weighted by Crippen LogP contribution is -2.47. The van der Waals surface area contributed by atoms with E-state index in [-0.39, 0.29) is 24.0 Å². The van der Waals surface area contributed by atoms with Crippen molar-refractivity contribution in [3.05, 3.63) is 35.4 Å². The summed E-state index contributed by atoms with van der Waals surface area (Å²) >= 11 is 0. The number of nitrogens with zero attached hydrogens (tertiary/aromatic N) is 2. The highest BCUT2D eigenvalue weighted by atomic mass is 16.3. The Hall–Kier alpha value is -1.92. The summed E-state index contributed by atoms with van der Waals surface area (Å²) in [6.45, 7) is 5.04. The number of carbonyl (C=O) groups is 2. The number of aryl methyl sites for hydroxylation is 1. The van der Waals surface area contributed by atoms with E-state index in [4.69, 9.17) is 0 Å². The van der Waals surface area contributed by atoms with Crippen molar-refractivity contribution >= 4 is 11.8 Å². The minimum atomic E-state index is -0.256. The molecule has 2 aliphatic heterocycles. The Morgan fingerprint density at radius 2 is 1.67 bits per heavy atom. The van der Waals surface area contributed by atoms with E-state index >= 15 is 0 Å². The summed E-state index contributed by atoms with van der Waals surface area (Å²) in [6.07, 6.45) is 6.29. The lowest BCUT2D eigenvalue weighted by Gasteiger charge is -2.33. The number of likely N-dealkylation sites (tertiary alicyclic amines) is 2. The number of amides is 2. The van der Waals surface area contributed by atoms with Crippen LogP contribution in [0.15, 0.2) is 24.3 Å². The second-order valence-electron chi connectivity index (χ2n) is 9.42. The normalized spacial score (nSPS) is 25.5. The van der Waals surface area contributed by atoms with E-state index < -0.39 is 0 Å². The lowest BCUT2D eigenvalue weighted by molar-refractivity contribution is -0.134. The Labute approximate surface area is 179 Å². The summed E-state index contributed by atoms with van der Waals surface area (Å²) in [5.74, 6) is 0.950. The largest absolute Gasteiger partial charge is 0.393 e. The predicted molar refractivity (Wildman–Crippen MR) is 116 cm³/mol. The van der Waals surface area contributed by atoms with Crippen LogP contribution >= 0.6 is 0 Å². The maximum absolute atomic E-state index is 12.8. The number of aliphatic hydroxyl groups excluding tert-OH is 1. The average Bonchev–Trinajstić information content (AvgIpc) is 3.49. The van der Waals surface area contributed by atoms with Crippen LogP contribution in [-0.2, 0) is 4.79 Å². The zero-order valence-electron chi connectivity index (χ0n) is 18.1. The molecule has 30 heavy (non-hydrogen) atoms. The van der Waals surface area contributed by atoms with Gasteiger partial charge in [-0.3, -0.25) is 14.5 Å². The fourth-order valence-corrected chi connectivity index (χ4v) is 4.81. The number of benzene rings is 1. The third-order valence-corrected chi connectivity index (χ3v) is 6.98. The van der Waals surface area contributed by atoms with Gasteiger partial charge in [-0.25, -0.2) is 0 Å². The highest BCUT2D eigenvalue weighted by Gasteiger charge is 2.38. The molecule has 0 aromatic heterocycles. The number of hydrogen-bond acceptors (Lipinski definition) is 4. The third kappa shape index (κ3) is 5.41. The molecule has 0 unspecified atom stereocenters. The Bertz CT molecular complexity index is 739. The van der Waals surface area contributed by atoms with Crippen LogP contribution in [0.3, 0.4) is 0 Å². The molecule has 1 aromatic rings. The summed E-state index contributed by atoms with van der Waals surface area (Å²) in [5.41, 5.74) is 1.85.